The molecule has 2 aromatic rings. The minimum absolute atomic E-state index is 0.110. The van der Waals surface area contributed by atoms with Crippen molar-refractivity contribution in [1.82, 2.24) is 0 Å². The highest BCUT2D eigenvalue weighted by atomic mass is 35.5. The van der Waals surface area contributed by atoms with Gasteiger partial charge >= 0.3 is 0 Å². The lowest BCUT2D eigenvalue weighted by molar-refractivity contribution is 0.318. The Bertz CT molecular complexity index is 632. The van der Waals surface area contributed by atoms with Crippen molar-refractivity contribution >= 4 is 29.2 Å². The number of nitrogens with two attached hydrogens (primary N) is 1. The van der Waals surface area contributed by atoms with Gasteiger partial charge in [0.2, 0.25) is 0 Å². The Morgan fingerprint density at radius 1 is 1.25 bits per heavy atom. The van der Waals surface area contributed by atoms with E-state index in [2.05, 4.69) is 5.16 Å². The summed E-state index contributed by atoms with van der Waals surface area (Å²) in [6.07, 6.45) is 0. The van der Waals surface area contributed by atoms with Crippen LogP contribution < -0.4 is 5.73 Å². The lowest BCUT2D eigenvalue weighted by Gasteiger charge is -2.06. The van der Waals surface area contributed by atoms with Crippen LogP contribution in [0, 0.1) is 5.82 Å². The Balaban J connectivity index is 2.08. The minimum atomic E-state index is -0.379. The number of oxime groups is 1. The van der Waals surface area contributed by atoms with Crippen molar-refractivity contribution in [3.05, 3.63) is 64.4 Å². The number of hydrogen-bond acceptors (Lipinski definition) is 3. The summed E-state index contributed by atoms with van der Waals surface area (Å²) in [5.41, 5.74) is 6.32. The van der Waals surface area contributed by atoms with Crippen LogP contribution in [-0.4, -0.2) is 11.0 Å². The normalized spacial score (nSPS) is 11.6. The molecule has 0 aromatic heterocycles. The maximum atomic E-state index is 13.9. The summed E-state index contributed by atoms with van der Waals surface area (Å²) in [5, 5.41) is 12.1. The van der Waals surface area contributed by atoms with Crippen LogP contribution in [-0.2, 0) is 5.75 Å². The molecule has 3 N–H and O–H groups in total. The van der Waals surface area contributed by atoms with Gasteiger partial charge in [0.15, 0.2) is 5.84 Å². The van der Waals surface area contributed by atoms with E-state index in [1.165, 1.54) is 17.8 Å². The standard InChI is InChI=1S/C14H12ClFN2OS/c15-11-3-5-12(6-4-11)20-8-10-2-1-9(7-13(10)16)14(17)18-19/h1-7,19H,8H2,(H2,17,18). The molecule has 0 bridgehead atoms. The van der Waals surface area contributed by atoms with Gasteiger partial charge in [-0.2, -0.15) is 0 Å². The molecule has 0 fully saturated rings. The van der Waals surface area contributed by atoms with Crippen LogP contribution in [0.2, 0.25) is 5.02 Å². The highest BCUT2D eigenvalue weighted by Crippen LogP contribution is 2.25. The molecule has 0 heterocycles. The van der Waals surface area contributed by atoms with Gasteiger partial charge in [-0.05, 0) is 35.9 Å². The predicted octanol–water partition coefficient (Wildman–Crippen LogP) is 3.87. The van der Waals surface area contributed by atoms with Crippen LogP contribution in [0.15, 0.2) is 52.5 Å². The summed E-state index contributed by atoms with van der Waals surface area (Å²) < 4.78 is 13.9. The minimum Gasteiger partial charge on any atom is -0.409 e. The van der Waals surface area contributed by atoms with Crippen LogP contribution >= 0.6 is 23.4 Å². The highest BCUT2D eigenvalue weighted by Gasteiger charge is 2.07. The molecule has 0 aliphatic heterocycles. The Hall–Kier alpha value is -1.72. The number of hydrogen-bond donors (Lipinski definition) is 2. The van der Waals surface area contributed by atoms with Gasteiger partial charge in [0.1, 0.15) is 5.82 Å². The summed E-state index contributed by atoms with van der Waals surface area (Å²) in [4.78, 5) is 1.01. The number of nitrogens with zero attached hydrogens (tertiary/aromatic N) is 1. The van der Waals surface area contributed by atoms with Crippen LogP contribution in [0.1, 0.15) is 11.1 Å². The first-order valence-electron chi connectivity index (χ1n) is 5.75. The fraction of sp³-hybridized carbons (Fsp3) is 0.0714. The van der Waals surface area contributed by atoms with Crippen molar-refractivity contribution in [2.24, 2.45) is 10.9 Å². The zero-order valence-corrected chi connectivity index (χ0v) is 12.0. The molecule has 2 aromatic carbocycles. The molecule has 20 heavy (non-hydrogen) atoms. The van der Waals surface area contributed by atoms with Crippen LogP contribution in [0.3, 0.4) is 0 Å². The molecule has 0 amide bonds. The Labute approximate surface area is 125 Å². The SMILES string of the molecule is N/C(=N\O)c1ccc(CSc2ccc(Cl)cc2)c(F)c1. The molecule has 104 valence electrons. The van der Waals surface area contributed by atoms with Crippen LogP contribution in [0.25, 0.3) is 0 Å². The second kappa shape index (κ2) is 6.63. The highest BCUT2D eigenvalue weighted by molar-refractivity contribution is 7.98. The largest absolute Gasteiger partial charge is 0.409 e. The molecule has 0 radical (unpaired) electrons. The van der Waals surface area contributed by atoms with Gasteiger partial charge in [0.05, 0.1) is 0 Å². The van der Waals surface area contributed by atoms with Crippen molar-refractivity contribution < 1.29 is 9.60 Å². The Kier molecular flexibility index (Phi) is 4.87. The number of rotatable bonds is 4. The molecule has 2 rings (SSSR count). The molecule has 0 unspecified atom stereocenters. The predicted molar refractivity (Wildman–Crippen MR) is 79.9 cm³/mol. The van der Waals surface area contributed by atoms with E-state index in [-0.39, 0.29) is 11.7 Å². The van der Waals surface area contributed by atoms with E-state index in [4.69, 9.17) is 22.5 Å². The van der Waals surface area contributed by atoms with Crippen molar-refractivity contribution in [3.8, 4) is 0 Å². The van der Waals surface area contributed by atoms with Gasteiger partial charge in [-0.25, -0.2) is 4.39 Å². The molecule has 0 saturated carbocycles. The summed E-state index contributed by atoms with van der Waals surface area (Å²) >= 11 is 7.31. The van der Waals surface area contributed by atoms with Gasteiger partial charge < -0.3 is 10.9 Å². The molecule has 0 spiro atoms. The van der Waals surface area contributed by atoms with E-state index in [9.17, 15) is 4.39 Å². The van der Waals surface area contributed by atoms with E-state index in [0.29, 0.717) is 21.9 Å². The maximum Gasteiger partial charge on any atom is 0.170 e. The summed E-state index contributed by atoms with van der Waals surface area (Å²) in [6, 6.07) is 11.9. The van der Waals surface area contributed by atoms with Crippen molar-refractivity contribution in [1.29, 1.82) is 0 Å². The molecule has 0 aliphatic carbocycles. The first-order chi connectivity index (χ1) is 9.60. The average Bonchev–Trinajstić information content (AvgIpc) is 2.46. The van der Waals surface area contributed by atoms with Gasteiger partial charge in [-0.3, -0.25) is 0 Å². The molecule has 3 nitrogen and oxygen atoms in total. The lowest BCUT2D eigenvalue weighted by atomic mass is 10.1. The van der Waals surface area contributed by atoms with E-state index >= 15 is 0 Å². The monoisotopic (exact) mass is 310 g/mol. The molecule has 0 atom stereocenters. The van der Waals surface area contributed by atoms with E-state index < -0.39 is 0 Å². The molecular formula is C14H12ClFN2OS. The third kappa shape index (κ3) is 3.65. The quantitative estimate of drug-likeness (QED) is 0.296. The zero-order chi connectivity index (χ0) is 14.5. The van der Waals surface area contributed by atoms with Gasteiger partial charge in [0.25, 0.3) is 0 Å². The van der Waals surface area contributed by atoms with Gasteiger partial charge in [0, 0.05) is 21.2 Å². The van der Waals surface area contributed by atoms with Crippen molar-refractivity contribution in [3.63, 3.8) is 0 Å². The molecule has 0 saturated heterocycles. The third-order valence-electron chi connectivity index (χ3n) is 2.66. The van der Waals surface area contributed by atoms with Gasteiger partial charge in [-0.1, -0.05) is 28.9 Å². The summed E-state index contributed by atoms with van der Waals surface area (Å²) in [6.45, 7) is 0. The number of halogens is 2. The van der Waals surface area contributed by atoms with Gasteiger partial charge in [-0.15, -0.1) is 11.8 Å². The first kappa shape index (κ1) is 14.7. The lowest BCUT2D eigenvalue weighted by Crippen LogP contribution is -2.13. The fourth-order valence-electron chi connectivity index (χ4n) is 1.57. The third-order valence-corrected chi connectivity index (χ3v) is 3.98. The number of thioether (sulfide) groups is 1. The second-order valence-corrected chi connectivity index (χ2v) is 5.52. The smallest absolute Gasteiger partial charge is 0.170 e. The topological polar surface area (TPSA) is 58.6 Å². The van der Waals surface area contributed by atoms with Crippen molar-refractivity contribution in [2.45, 2.75) is 10.6 Å². The van der Waals surface area contributed by atoms with Crippen LogP contribution in [0.4, 0.5) is 4.39 Å². The first-order valence-corrected chi connectivity index (χ1v) is 7.11. The zero-order valence-electron chi connectivity index (χ0n) is 10.4. The fourth-order valence-corrected chi connectivity index (χ4v) is 2.58. The summed E-state index contributed by atoms with van der Waals surface area (Å²) in [7, 11) is 0. The van der Waals surface area contributed by atoms with E-state index in [1.807, 2.05) is 12.1 Å². The number of benzene rings is 2. The summed E-state index contributed by atoms with van der Waals surface area (Å²) in [5.74, 6) is 0.000524. The van der Waals surface area contributed by atoms with Crippen LogP contribution in [0.5, 0.6) is 0 Å². The number of amidine groups is 1. The molecule has 6 heteroatoms. The average molecular weight is 311 g/mol. The Morgan fingerprint density at radius 3 is 2.55 bits per heavy atom. The maximum absolute atomic E-state index is 13.9. The molecular weight excluding hydrogens is 299 g/mol. The van der Waals surface area contributed by atoms with E-state index in [1.54, 1.807) is 24.3 Å². The molecule has 0 aliphatic rings. The van der Waals surface area contributed by atoms with E-state index in [0.717, 1.165) is 4.90 Å². The van der Waals surface area contributed by atoms with Crippen molar-refractivity contribution in [2.75, 3.05) is 0 Å². The second-order valence-electron chi connectivity index (χ2n) is 4.03. The Morgan fingerprint density at radius 2 is 1.95 bits per heavy atom.